The van der Waals surface area contributed by atoms with E-state index in [0.29, 0.717) is 57.9 Å². The number of piperazine rings is 2. The minimum Gasteiger partial charge on any atom is -0.481 e. The average Bonchev–Trinajstić information content (AvgIpc) is 3.07. The summed E-state index contributed by atoms with van der Waals surface area (Å²) in [5.74, 6) is 0.334. The van der Waals surface area contributed by atoms with Crippen molar-refractivity contribution in [3.05, 3.63) is 77.4 Å². The third-order valence-electron chi connectivity index (χ3n) is 8.55. The molecular formula is C34H45Cl2F2N5O5. The van der Waals surface area contributed by atoms with Crippen molar-refractivity contribution in [1.82, 2.24) is 24.7 Å². The molecule has 3 heterocycles. The summed E-state index contributed by atoms with van der Waals surface area (Å²) in [7, 11) is 3.07. The number of rotatable bonds is 14. The van der Waals surface area contributed by atoms with Gasteiger partial charge in [-0.1, -0.05) is 60.7 Å². The second kappa shape index (κ2) is 19.0. The van der Waals surface area contributed by atoms with Gasteiger partial charge < -0.3 is 23.8 Å². The van der Waals surface area contributed by atoms with Crippen molar-refractivity contribution in [2.45, 2.75) is 44.3 Å². The number of fused-ring (bicyclic) bond motifs is 1. The maximum Gasteiger partial charge on any atom is 0.323 e. The molecule has 5 rings (SSSR count). The molecule has 2 aromatic carbocycles. The van der Waals surface area contributed by atoms with Crippen LogP contribution in [0.15, 0.2) is 60.7 Å². The Labute approximate surface area is 293 Å². The number of carbonyl (C=O) groups excluding carboxylic acids is 1. The minimum atomic E-state index is -2.68. The Bertz CT molecular complexity index is 1380. The lowest BCUT2D eigenvalue weighted by atomic mass is 9.81. The summed E-state index contributed by atoms with van der Waals surface area (Å²) in [6, 6.07) is 21.0. The van der Waals surface area contributed by atoms with E-state index in [0.717, 1.165) is 6.54 Å². The van der Waals surface area contributed by atoms with Crippen molar-refractivity contribution in [3.8, 4) is 17.8 Å². The molecule has 2 fully saturated rings. The van der Waals surface area contributed by atoms with E-state index in [9.17, 15) is 13.6 Å². The first-order valence-corrected chi connectivity index (χ1v) is 15.7. The van der Waals surface area contributed by atoms with Crippen molar-refractivity contribution in [3.63, 3.8) is 0 Å². The molecule has 0 radical (unpaired) electrons. The standard InChI is InChI=1S/C34H43F2N5O5.2ClH/c1-4-45-34-37-32(44-3)27(33(38-34)46-23-29(35)36)21-39-19-26-20-40(30(42)15-18-43-2)16-17-41(26)28(22-39)31(24-11-7-5-8-12-24)25-13-9-6-10-14-25;;/h5-14,26,28-29,31H,4,15-23H2,1-3H3;2*1H/t26-,28+;;/m1../s1. The molecule has 0 saturated carbocycles. The van der Waals surface area contributed by atoms with Crippen LogP contribution in [0.4, 0.5) is 8.78 Å². The van der Waals surface area contributed by atoms with E-state index >= 15 is 0 Å². The van der Waals surface area contributed by atoms with E-state index in [-0.39, 0.29) is 66.5 Å². The van der Waals surface area contributed by atoms with Gasteiger partial charge in [0.15, 0.2) is 6.61 Å². The number of hydrogen-bond acceptors (Lipinski definition) is 9. The van der Waals surface area contributed by atoms with Gasteiger partial charge >= 0.3 is 6.01 Å². The van der Waals surface area contributed by atoms with Gasteiger partial charge in [-0.15, -0.1) is 24.8 Å². The topological polar surface area (TPSA) is 89.5 Å². The van der Waals surface area contributed by atoms with Gasteiger partial charge in [-0.05, 0) is 18.1 Å². The normalized spacial score (nSPS) is 18.1. The predicted octanol–water partition coefficient (Wildman–Crippen LogP) is 4.94. The Kier molecular flexibility index (Phi) is 15.5. The summed E-state index contributed by atoms with van der Waals surface area (Å²) >= 11 is 0. The first-order chi connectivity index (χ1) is 22.4. The fourth-order valence-corrected chi connectivity index (χ4v) is 6.58. The first-order valence-electron chi connectivity index (χ1n) is 15.7. The monoisotopic (exact) mass is 711 g/mol. The number of aromatic nitrogens is 2. The Balaban J connectivity index is 0.00000312. The van der Waals surface area contributed by atoms with Crippen LogP contribution in [0, 0.1) is 0 Å². The van der Waals surface area contributed by atoms with E-state index in [2.05, 4.69) is 68.3 Å². The molecule has 2 saturated heterocycles. The Morgan fingerprint density at radius 2 is 1.54 bits per heavy atom. The molecule has 10 nitrogen and oxygen atoms in total. The first kappa shape index (κ1) is 39.2. The van der Waals surface area contributed by atoms with E-state index in [1.165, 1.54) is 18.2 Å². The summed E-state index contributed by atoms with van der Waals surface area (Å²) < 4.78 is 48.4. The zero-order valence-electron chi connectivity index (χ0n) is 27.5. The van der Waals surface area contributed by atoms with Crippen molar-refractivity contribution < 1.29 is 32.5 Å². The van der Waals surface area contributed by atoms with E-state index < -0.39 is 13.0 Å². The van der Waals surface area contributed by atoms with Crippen LogP contribution in [-0.2, 0) is 16.1 Å². The molecule has 0 aliphatic carbocycles. The van der Waals surface area contributed by atoms with Crippen molar-refractivity contribution in [1.29, 1.82) is 0 Å². The number of methoxy groups -OCH3 is 2. The molecular weight excluding hydrogens is 667 g/mol. The van der Waals surface area contributed by atoms with Crippen LogP contribution in [0.2, 0.25) is 0 Å². The number of alkyl halides is 2. The molecule has 0 spiro atoms. The number of benzene rings is 2. The number of hydrogen-bond donors (Lipinski definition) is 0. The summed E-state index contributed by atoms with van der Waals surface area (Å²) in [6.45, 7) is 5.16. The smallest absolute Gasteiger partial charge is 0.323 e. The maximum absolute atomic E-state index is 13.3. The third-order valence-corrected chi connectivity index (χ3v) is 8.55. The lowest BCUT2D eigenvalue weighted by Gasteiger charge is -2.53. The fourth-order valence-electron chi connectivity index (χ4n) is 6.58. The van der Waals surface area contributed by atoms with Gasteiger partial charge in [0.2, 0.25) is 17.7 Å². The Hall–Kier alpha value is -3.29. The molecule has 264 valence electrons. The number of halogens is 4. The molecule has 2 atom stereocenters. The zero-order valence-corrected chi connectivity index (χ0v) is 29.1. The van der Waals surface area contributed by atoms with Crippen molar-refractivity contribution in [2.75, 3.05) is 66.8 Å². The summed E-state index contributed by atoms with van der Waals surface area (Å²) in [5.41, 5.74) is 2.86. The van der Waals surface area contributed by atoms with Crippen LogP contribution >= 0.6 is 24.8 Å². The van der Waals surface area contributed by atoms with Gasteiger partial charge in [-0.25, -0.2) is 8.78 Å². The highest BCUT2D eigenvalue weighted by molar-refractivity contribution is 5.85. The lowest BCUT2D eigenvalue weighted by molar-refractivity contribution is -0.137. The molecule has 2 aliphatic heterocycles. The lowest BCUT2D eigenvalue weighted by Crippen LogP contribution is -2.67. The number of nitrogens with zero attached hydrogens (tertiary/aromatic N) is 5. The molecule has 48 heavy (non-hydrogen) atoms. The summed E-state index contributed by atoms with van der Waals surface area (Å²) in [4.78, 5) is 28.6. The van der Waals surface area contributed by atoms with Gasteiger partial charge in [0.05, 0.1) is 32.3 Å². The molecule has 0 N–H and O–H groups in total. The van der Waals surface area contributed by atoms with Gasteiger partial charge in [-0.3, -0.25) is 14.6 Å². The largest absolute Gasteiger partial charge is 0.481 e. The van der Waals surface area contributed by atoms with Gasteiger partial charge in [0, 0.05) is 64.4 Å². The Morgan fingerprint density at radius 3 is 2.12 bits per heavy atom. The SMILES string of the molecule is CCOc1nc(OC)c(CN2C[C@@H]3CN(C(=O)CCOC)CCN3[C@H](C(c3ccccc3)c3ccccc3)C2)c(OCC(F)F)n1.Cl.Cl. The number of ether oxygens (including phenoxy) is 4. The number of amides is 1. The van der Waals surface area contributed by atoms with E-state index in [1.54, 1.807) is 14.0 Å². The maximum atomic E-state index is 13.3. The second-order valence-corrected chi connectivity index (χ2v) is 11.5. The quantitative estimate of drug-likeness (QED) is 0.231. The highest BCUT2D eigenvalue weighted by Crippen LogP contribution is 2.37. The molecule has 3 aromatic rings. The predicted molar refractivity (Wildman–Crippen MR) is 183 cm³/mol. The molecule has 14 heteroatoms. The van der Waals surface area contributed by atoms with Crippen molar-refractivity contribution in [2.24, 2.45) is 0 Å². The summed E-state index contributed by atoms with van der Waals surface area (Å²) in [6.07, 6.45) is -2.35. The molecule has 2 aliphatic rings. The molecule has 1 amide bonds. The molecule has 0 unspecified atom stereocenters. The van der Waals surface area contributed by atoms with Crippen LogP contribution in [0.25, 0.3) is 0 Å². The van der Waals surface area contributed by atoms with Crippen LogP contribution < -0.4 is 14.2 Å². The zero-order chi connectivity index (χ0) is 32.5. The third kappa shape index (κ3) is 9.66. The van der Waals surface area contributed by atoms with Crippen LogP contribution in [0.5, 0.6) is 17.8 Å². The van der Waals surface area contributed by atoms with Crippen LogP contribution in [0.3, 0.4) is 0 Å². The molecule has 0 bridgehead atoms. The van der Waals surface area contributed by atoms with Crippen molar-refractivity contribution >= 4 is 30.7 Å². The number of carbonyl (C=O) groups is 1. The Morgan fingerprint density at radius 1 is 0.896 bits per heavy atom. The minimum absolute atomic E-state index is 0. The van der Waals surface area contributed by atoms with E-state index in [4.69, 9.17) is 18.9 Å². The fraction of sp³-hybridized carbons (Fsp3) is 0.500. The highest BCUT2D eigenvalue weighted by Gasteiger charge is 2.43. The van der Waals surface area contributed by atoms with Gasteiger partial charge in [0.1, 0.15) is 0 Å². The molecule has 1 aromatic heterocycles. The van der Waals surface area contributed by atoms with Crippen LogP contribution in [-0.4, -0.2) is 116 Å². The van der Waals surface area contributed by atoms with E-state index in [1.807, 2.05) is 17.0 Å². The summed E-state index contributed by atoms with van der Waals surface area (Å²) in [5, 5.41) is 0. The average molecular weight is 713 g/mol. The van der Waals surface area contributed by atoms with Crippen LogP contribution in [0.1, 0.15) is 36.0 Å². The van der Waals surface area contributed by atoms with Gasteiger partial charge in [-0.2, -0.15) is 9.97 Å². The highest BCUT2D eigenvalue weighted by atomic mass is 35.5. The second-order valence-electron chi connectivity index (χ2n) is 11.5. The van der Waals surface area contributed by atoms with Gasteiger partial charge in [0.25, 0.3) is 6.43 Å².